The number of halogens is 1. The molecule has 0 fully saturated rings. The van der Waals surface area contributed by atoms with Crippen LogP contribution in [0.5, 0.6) is 5.75 Å². The Hall–Kier alpha value is -2.77. The van der Waals surface area contributed by atoms with Crippen molar-refractivity contribution in [2.75, 3.05) is 6.61 Å². The van der Waals surface area contributed by atoms with Crippen molar-refractivity contribution in [3.05, 3.63) is 75.0 Å². The zero-order valence-electron chi connectivity index (χ0n) is 15.4. The summed E-state index contributed by atoms with van der Waals surface area (Å²) in [6, 6.07) is 17.3. The van der Waals surface area contributed by atoms with E-state index in [0.717, 1.165) is 22.0 Å². The second kappa shape index (κ2) is 7.85. The van der Waals surface area contributed by atoms with Crippen molar-refractivity contribution in [1.82, 2.24) is 4.98 Å². The molecule has 1 aromatic heterocycles. The van der Waals surface area contributed by atoms with Gasteiger partial charge in [0.2, 0.25) is 0 Å². The predicted octanol–water partition coefficient (Wildman–Crippen LogP) is 4.99. The van der Waals surface area contributed by atoms with E-state index in [9.17, 15) is 10.1 Å². The molecule has 0 aliphatic carbocycles. The summed E-state index contributed by atoms with van der Waals surface area (Å²) in [6.07, 6.45) is 1.20. The van der Waals surface area contributed by atoms with Crippen LogP contribution >= 0.6 is 11.6 Å². The van der Waals surface area contributed by atoms with Crippen LogP contribution in [-0.2, 0) is 11.8 Å². The minimum Gasteiger partial charge on any atom is -0.493 e. The molecule has 27 heavy (non-hydrogen) atoms. The van der Waals surface area contributed by atoms with Gasteiger partial charge in [0.05, 0.1) is 18.1 Å². The van der Waals surface area contributed by atoms with Crippen LogP contribution in [0.2, 0.25) is 5.02 Å². The van der Waals surface area contributed by atoms with Crippen molar-refractivity contribution < 1.29 is 4.74 Å². The Bertz CT molecular complexity index is 1070. The topological polar surface area (TPSA) is 65.9 Å². The van der Waals surface area contributed by atoms with Crippen LogP contribution in [-0.4, -0.2) is 11.6 Å². The Morgan fingerprint density at radius 3 is 2.74 bits per heavy atom. The van der Waals surface area contributed by atoms with E-state index in [2.05, 4.69) is 11.1 Å². The number of aryl methyl sites for hydroxylation is 1. The molecule has 1 unspecified atom stereocenters. The third kappa shape index (κ3) is 4.15. The molecule has 2 aromatic carbocycles. The van der Waals surface area contributed by atoms with E-state index in [1.807, 2.05) is 50.2 Å². The minimum atomic E-state index is -0.729. The molecular weight excluding hydrogens is 360 g/mol. The van der Waals surface area contributed by atoms with Gasteiger partial charge in [0.1, 0.15) is 5.75 Å². The molecule has 0 aliphatic heterocycles. The average molecular weight is 381 g/mol. The van der Waals surface area contributed by atoms with Gasteiger partial charge in [-0.3, -0.25) is 4.79 Å². The van der Waals surface area contributed by atoms with Crippen molar-refractivity contribution in [1.29, 1.82) is 5.26 Å². The molecule has 0 aliphatic rings. The van der Waals surface area contributed by atoms with Gasteiger partial charge >= 0.3 is 0 Å². The first-order valence-electron chi connectivity index (χ1n) is 8.91. The summed E-state index contributed by atoms with van der Waals surface area (Å²) in [6.45, 7) is 4.22. The normalized spacial score (nSPS) is 13.1. The molecular formula is C22H21ClN2O2. The first-order chi connectivity index (χ1) is 12.9. The highest BCUT2D eigenvalue weighted by molar-refractivity contribution is 6.30. The molecule has 0 saturated carbocycles. The Balaban J connectivity index is 1.83. The molecule has 0 spiro atoms. The second-order valence-corrected chi connectivity index (χ2v) is 7.22. The number of pyridine rings is 1. The highest BCUT2D eigenvalue weighted by Crippen LogP contribution is 2.29. The summed E-state index contributed by atoms with van der Waals surface area (Å²) in [7, 11) is 0. The zero-order chi connectivity index (χ0) is 19.4. The lowest BCUT2D eigenvalue weighted by atomic mass is 9.81. The van der Waals surface area contributed by atoms with Gasteiger partial charge in [-0.05, 0) is 54.6 Å². The summed E-state index contributed by atoms with van der Waals surface area (Å²) < 4.78 is 5.75. The van der Waals surface area contributed by atoms with Gasteiger partial charge in [-0.25, -0.2) is 0 Å². The van der Waals surface area contributed by atoms with Crippen LogP contribution in [0.25, 0.3) is 10.9 Å². The maximum Gasteiger partial charge on any atom is 0.251 e. The van der Waals surface area contributed by atoms with Gasteiger partial charge in [0, 0.05) is 22.5 Å². The fraction of sp³-hybridized carbons (Fsp3) is 0.273. The molecule has 3 aromatic rings. The molecule has 0 bridgehead atoms. The average Bonchev–Trinajstić information content (AvgIpc) is 2.67. The Labute approximate surface area is 163 Å². The van der Waals surface area contributed by atoms with Crippen LogP contribution in [0.15, 0.2) is 53.3 Å². The summed E-state index contributed by atoms with van der Waals surface area (Å²) in [5, 5.41) is 11.4. The number of hydrogen-bond acceptors (Lipinski definition) is 3. The van der Waals surface area contributed by atoms with E-state index in [1.165, 1.54) is 0 Å². The fourth-order valence-electron chi connectivity index (χ4n) is 3.05. The van der Waals surface area contributed by atoms with E-state index in [4.69, 9.17) is 16.3 Å². The molecule has 0 radical (unpaired) electrons. The van der Waals surface area contributed by atoms with Crippen molar-refractivity contribution in [2.24, 2.45) is 0 Å². The number of nitrogens with one attached hydrogen (secondary N) is 1. The minimum absolute atomic E-state index is 0.0786. The van der Waals surface area contributed by atoms with E-state index < -0.39 is 5.41 Å². The second-order valence-electron chi connectivity index (χ2n) is 6.78. The maximum absolute atomic E-state index is 12.1. The number of aromatic nitrogens is 1. The number of nitriles is 1. The predicted molar refractivity (Wildman–Crippen MR) is 108 cm³/mol. The monoisotopic (exact) mass is 380 g/mol. The van der Waals surface area contributed by atoms with E-state index in [0.29, 0.717) is 30.2 Å². The van der Waals surface area contributed by atoms with Gasteiger partial charge < -0.3 is 9.72 Å². The molecule has 5 heteroatoms. The third-order valence-electron chi connectivity index (χ3n) is 4.85. The molecule has 1 N–H and O–H groups in total. The van der Waals surface area contributed by atoms with Gasteiger partial charge in [-0.2, -0.15) is 5.26 Å². The number of benzene rings is 2. The van der Waals surface area contributed by atoms with Crippen molar-refractivity contribution >= 4 is 22.5 Å². The van der Waals surface area contributed by atoms with Crippen LogP contribution in [0.1, 0.15) is 31.4 Å². The molecule has 3 rings (SSSR count). The standard InChI is InChI=1S/C22H21ClN2O2/c1-3-15-11-16-7-8-17(12-20(16)25-21(15)26)22(2,14-24)9-10-27-19-6-4-5-18(23)13-19/h4-8,11-13H,3,9-10H2,1-2H3,(H,25,26). The molecule has 0 saturated heterocycles. The first kappa shape index (κ1) is 19.0. The summed E-state index contributed by atoms with van der Waals surface area (Å²) in [5.41, 5.74) is 1.55. The van der Waals surface area contributed by atoms with Gasteiger partial charge in [0.25, 0.3) is 5.56 Å². The van der Waals surface area contributed by atoms with E-state index in [1.54, 1.807) is 12.1 Å². The van der Waals surface area contributed by atoms with Gasteiger partial charge in [-0.1, -0.05) is 36.7 Å². The lowest BCUT2D eigenvalue weighted by Gasteiger charge is -2.22. The van der Waals surface area contributed by atoms with E-state index >= 15 is 0 Å². The molecule has 1 heterocycles. The lowest BCUT2D eigenvalue weighted by molar-refractivity contribution is 0.285. The third-order valence-corrected chi connectivity index (χ3v) is 5.09. The first-order valence-corrected chi connectivity index (χ1v) is 9.29. The SMILES string of the molecule is CCc1cc2ccc(C(C)(C#N)CCOc3cccc(Cl)c3)cc2[nH]c1=O. The summed E-state index contributed by atoms with van der Waals surface area (Å²) in [4.78, 5) is 15.0. The largest absolute Gasteiger partial charge is 0.493 e. The van der Waals surface area contributed by atoms with Crippen molar-refractivity contribution in [2.45, 2.75) is 32.1 Å². The molecule has 0 amide bonds. The number of fused-ring (bicyclic) bond motifs is 1. The van der Waals surface area contributed by atoms with Crippen LogP contribution in [0.4, 0.5) is 0 Å². The summed E-state index contributed by atoms with van der Waals surface area (Å²) in [5.74, 6) is 0.678. The number of rotatable bonds is 6. The van der Waals surface area contributed by atoms with Crippen LogP contribution in [0, 0.1) is 11.3 Å². The highest BCUT2D eigenvalue weighted by atomic mass is 35.5. The van der Waals surface area contributed by atoms with Crippen molar-refractivity contribution in [3.8, 4) is 11.8 Å². The van der Waals surface area contributed by atoms with Gasteiger partial charge in [-0.15, -0.1) is 0 Å². The van der Waals surface area contributed by atoms with Crippen LogP contribution in [0.3, 0.4) is 0 Å². The molecule has 4 nitrogen and oxygen atoms in total. The van der Waals surface area contributed by atoms with Crippen LogP contribution < -0.4 is 10.3 Å². The quantitative estimate of drug-likeness (QED) is 0.654. The van der Waals surface area contributed by atoms with Gasteiger partial charge in [0.15, 0.2) is 0 Å². The zero-order valence-corrected chi connectivity index (χ0v) is 16.1. The Morgan fingerprint density at radius 2 is 2.04 bits per heavy atom. The van der Waals surface area contributed by atoms with Crippen molar-refractivity contribution in [3.63, 3.8) is 0 Å². The Morgan fingerprint density at radius 1 is 1.22 bits per heavy atom. The summed E-state index contributed by atoms with van der Waals surface area (Å²) >= 11 is 5.97. The molecule has 1 atom stereocenters. The Kier molecular flexibility index (Phi) is 5.53. The number of H-pyrrole nitrogens is 1. The fourth-order valence-corrected chi connectivity index (χ4v) is 3.23. The number of aromatic amines is 1. The number of hydrogen-bond donors (Lipinski definition) is 1. The number of nitrogens with zero attached hydrogens (tertiary/aromatic N) is 1. The van der Waals surface area contributed by atoms with E-state index in [-0.39, 0.29) is 5.56 Å². The smallest absolute Gasteiger partial charge is 0.251 e. The number of ether oxygens (including phenoxy) is 1. The lowest BCUT2D eigenvalue weighted by Crippen LogP contribution is -2.23. The maximum atomic E-state index is 12.1. The highest BCUT2D eigenvalue weighted by Gasteiger charge is 2.27. The molecule has 138 valence electrons.